The summed E-state index contributed by atoms with van der Waals surface area (Å²) in [4.78, 5) is 16.3. The van der Waals surface area contributed by atoms with E-state index in [-0.39, 0.29) is 29.6 Å². The average molecular weight is 421 g/mol. The number of ether oxygens (including phenoxy) is 3. The summed E-state index contributed by atoms with van der Waals surface area (Å²) in [5.41, 5.74) is 1.39. The Hall–Kier alpha value is -4.00. The molecule has 0 saturated heterocycles. The van der Waals surface area contributed by atoms with Crippen molar-refractivity contribution in [3.63, 3.8) is 0 Å². The molecule has 0 saturated carbocycles. The highest BCUT2D eigenvalue weighted by atomic mass is 19.1. The summed E-state index contributed by atoms with van der Waals surface area (Å²) >= 11 is 0. The fourth-order valence-electron chi connectivity index (χ4n) is 3.00. The molecule has 156 valence electrons. The van der Waals surface area contributed by atoms with Crippen LogP contribution in [0.5, 0.6) is 11.5 Å². The van der Waals surface area contributed by atoms with Crippen molar-refractivity contribution in [2.24, 2.45) is 4.99 Å². The summed E-state index contributed by atoms with van der Waals surface area (Å²) in [6.07, 6.45) is 1.50. The van der Waals surface area contributed by atoms with Gasteiger partial charge in [0.2, 0.25) is 5.90 Å². The van der Waals surface area contributed by atoms with E-state index < -0.39 is 11.8 Å². The quantitative estimate of drug-likeness (QED) is 0.420. The first kappa shape index (κ1) is 20.3. The molecular weight excluding hydrogens is 404 g/mol. The fourth-order valence-corrected chi connectivity index (χ4v) is 3.00. The maximum Gasteiger partial charge on any atom is 0.363 e. The summed E-state index contributed by atoms with van der Waals surface area (Å²) in [6.45, 7) is 0.131. The van der Waals surface area contributed by atoms with Crippen LogP contribution >= 0.6 is 0 Å². The van der Waals surface area contributed by atoms with Crippen molar-refractivity contribution in [2.75, 3.05) is 7.11 Å². The van der Waals surface area contributed by atoms with Gasteiger partial charge in [-0.15, -0.1) is 0 Å². The van der Waals surface area contributed by atoms with E-state index in [9.17, 15) is 13.6 Å². The van der Waals surface area contributed by atoms with Crippen LogP contribution in [0.4, 0.5) is 8.78 Å². The van der Waals surface area contributed by atoms with Crippen LogP contribution in [0, 0.1) is 11.6 Å². The molecule has 1 aliphatic rings. The predicted octanol–water partition coefficient (Wildman–Crippen LogP) is 4.90. The monoisotopic (exact) mass is 421 g/mol. The molecule has 0 spiro atoms. The number of methoxy groups -OCH3 is 1. The Bertz CT molecular complexity index is 1200. The van der Waals surface area contributed by atoms with Gasteiger partial charge < -0.3 is 14.2 Å². The Morgan fingerprint density at radius 2 is 1.84 bits per heavy atom. The first-order valence-electron chi connectivity index (χ1n) is 9.36. The Morgan fingerprint density at radius 3 is 2.61 bits per heavy atom. The molecule has 0 aliphatic carbocycles. The van der Waals surface area contributed by atoms with Crippen molar-refractivity contribution in [1.82, 2.24) is 0 Å². The van der Waals surface area contributed by atoms with Gasteiger partial charge in [0, 0.05) is 0 Å². The van der Waals surface area contributed by atoms with Crippen LogP contribution in [-0.2, 0) is 16.1 Å². The van der Waals surface area contributed by atoms with Gasteiger partial charge in [0.05, 0.1) is 12.7 Å². The Morgan fingerprint density at radius 1 is 1.00 bits per heavy atom. The van der Waals surface area contributed by atoms with Crippen LogP contribution in [0.3, 0.4) is 0 Å². The van der Waals surface area contributed by atoms with Crippen molar-refractivity contribution in [3.8, 4) is 11.5 Å². The molecule has 3 aromatic carbocycles. The molecule has 0 unspecified atom stereocenters. The van der Waals surface area contributed by atoms with Gasteiger partial charge in [-0.1, -0.05) is 30.3 Å². The van der Waals surface area contributed by atoms with Crippen LogP contribution < -0.4 is 9.47 Å². The van der Waals surface area contributed by atoms with E-state index in [4.69, 9.17) is 14.2 Å². The van der Waals surface area contributed by atoms with Gasteiger partial charge in [-0.2, -0.15) is 0 Å². The molecule has 31 heavy (non-hydrogen) atoms. The normalized spacial score (nSPS) is 14.4. The van der Waals surface area contributed by atoms with Crippen LogP contribution in [0.1, 0.15) is 16.7 Å². The summed E-state index contributed by atoms with van der Waals surface area (Å²) < 4.78 is 43.6. The summed E-state index contributed by atoms with van der Waals surface area (Å²) in [6, 6.07) is 17.0. The van der Waals surface area contributed by atoms with Gasteiger partial charge in [0.15, 0.2) is 17.2 Å². The number of hydrogen-bond acceptors (Lipinski definition) is 5. The lowest BCUT2D eigenvalue weighted by Gasteiger charge is -2.11. The van der Waals surface area contributed by atoms with E-state index in [1.165, 1.54) is 43.5 Å². The SMILES string of the molecule is COc1ccc(/C=C2/N=C(c3ccccc3F)OC2=O)cc1OCc1cccc(F)c1. The molecule has 0 fully saturated rings. The zero-order chi connectivity index (χ0) is 21.8. The Balaban J connectivity index is 1.59. The maximum atomic E-state index is 14.0. The van der Waals surface area contributed by atoms with E-state index in [1.807, 2.05) is 0 Å². The number of carbonyl (C=O) groups is 1. The molecule has 1 heterocycles. The van der Waals surface area contributed by atoms with Gasteiger partial charge in [-0.05, 0) is 53.6 Å². The second-order valence-corrected chi connectivity index (χ2v) is 6.64. The number of rotatable bonds is 6. The second kappa shape index (κ2) is 8.79. The molecule has 0 radical (unpaired) electrons. The van der Waals surface area contributed by atoms with Crippen LogP contribution in [0.2, 0.25) is 0 Å². The molecule has 5 nitrogen and oxygen atoms in total. The minimum Gasteiger partial charge on any atom is -0.493 e. The minimum atomic E-state index is -0.684. The molecule has 1 aliphatic heterocycles. The van der Waals surface area contributed by atoms with Crippen molar-refractivity contribution >= 4 is 17.9 Å². The first-order chi connectivity index (χ1) is 15.0. The third-order valence-electron chi connectivity index (χ3n) is 4.50. The lowest BCUT2D eigenvalue weighted by molar-refractivity contribution is -0.129. The highest BCUT2D eigenvalue weighted by molar-refractivity contribution is 6.12. The van der Waals surface area contributed by atoms with E-state index in [1.54, 1.807) is 36.4 Å². The third kappa shape index (κ3) is 4.61. The number of carbonyl (C=O) groups excluding carboxylic acids is 1. The number of cyclic esters (lactones) is 1. The Kier molecular flexibility index (Phi) is 5.75. The van der Waals surface area contributed by atoms with E-state index in [0.717, 1.165) is 0 Å². The molecular formula is C24H17F2NO4. The van der Waals surface area contributed by atoms with Gasteiger partial charge in [-0.25, -0.2) is 18.6 Å². The average Bonchev–Trinajstić information content (AvgIpc) is 3.12. The highest BCUT2D eigenvalue weighted by Gasteiger charge is 2.26. The summed E-state index contributed by atoms with van der Waals surface area (Å²) in [5, 5.41) is 0. The van der Waals surface area contributed by atoms with Gasteiger partial charge >= 0.3 is 5.97 Å². The van der Waals surface area contributed by atoms with Crippen molar-refractivity contribution in [1.29, 1.82) is 0 Å². The maximum absolute atomic E-state index is 14.0. The topological polar surface area (TPSA) is 57.1 Å². The zero-order valence-electron chi connectivity index (χ0n) is 16.5. The second-order valence-electron chi connectivity index (χ2n) is 6.64. The Labute approximate surface area is 177 Å². The number of nitrogens with zero attached hydrogens (tertiary/aromatic N) is 1. The van der Waals surface area contributed by atoms with E-state index in [0.29, 0.717) is 22.6 Å². The third-order valence-corrected chi connectivity index (χ3v) is 4.50. The molecule has 3 aromatic rings. The first-order valence-corrected chi connectivity index (χ1v) is 9.36. The van der Waals surface area contributed by atoms with E-state index >= 15 is 0 Å². The van der Waals surface area contributed by atoms with Crippen molar-refractivity contribution in [3.05, 3.63) is 101 Å². The van der Waals surface area contributed by atoms with Crippen molar-refractivity contribution in [2.45, 2.75) is 6.61 Å². The smallest absolute Gasteiger partial charge is 0.363 e. The zero-order valence-corrected chi connectivity index (χ0v) is 16.5. The number of aliphatic imine (C=N–C) groups is 1. The predicted molar refractivity (Wildman–Crippen MR) is 111 cm³/mol. The minimum absolute atomic E-state index is 0.0273. The molecule has 7 heteroatoms. The lowest BCUT2D eigenvalue weighted by atomic mass is 10.1. The van der Waals surface area contributed by atoms with Crippen molar-refractivity contribution < 1.29 is 27.8 Å². The van der Waals surface area contributed by atoms with Gasteiger partial charge in [0.25, 0.3) is 0 Å². The number of benzene rings is 3. The number of hydrogen-bond donors (Lipinski definition) is 0. The van der Waals surface area contributed by atoms with Crippen LogP contribution in [0.15, 0.2) is 77.4 Å². The van der Waals surface area contributed by atoms with Gasteiger partial charge in [-0.3, -0.25) is 0 Å². The van der Waals surface area contributed by atoms with E-state index in [2.05, 4.69) is 4.99 Å². The molecule has 4 rings (SSSR count). The molecule has 0 atom stereocenters. The standard InChI is InChI=1S/C24H17F2NO4/c1-29-21-10-9-15(13-22(21)30-14-16-5-4-6-17(25)11-16)12-20-24(28)31-23(27-20)18-7-2-3-8-19(18)26/h2-13H,14H2,1H3/b20-12+. The summed E-state index contributed by atoms with van der Waals surface area (Å²) in [5.74, 6) is -0.779. The molecule has 0 amide bonds. The fraction of sp³-hybridized carbons (Fsp3) is 0.0833. The lowest BCUT2D eigenvalue weighted by Crippen LogP contribution is -2.07. The molecule has 0 N–H and O–H groups in total. The molecule has 0 bridgehead atoms. The summed E-state index contributed by atoms with van der Waals surface area (Å²) in [7, 11) is 1.50. The van der Waals surface area contributed by atoms with Crippen LogP contribution in [0.25, 0.3) is 6.08 Å². The largest absolute Gasteiger partial charge is 0.493 e. The van der Waals surface area contributed by atoms with Crippen LogP contribution in [-0.4, -0.2) is 19.0 Å². The number of halogens is 2. The molecule has 0 aromatic heterocycles. The van der Waals surface area contributed by atoms with Gasteiger partial charge in [0.1, 0.15) is 18.2 Å². The highest BCUT2D eigenvalue weighted by Crippen LogP contribution is 2.30. The number of esters is 1.